The zero-order valence-corrected chi connectivity index (χ0v) is 27.9. The highest BCUT2D eigenvalue weighted by atomic mass is 19.5. The first kappa shape index (κ1) is 50.5. The summed E-state index contributed by atoms with van der Waals surface area (Å²) in [7, 11) is -6.00. The number of hydrogen-bond acceptors (Lipinski definition) is 3. The Hall–Kier alpha value is -1.33. The van der Waals surface area contributed by atoms with E-state index in [9.17, 15) is 17.3 Å². The number of quaternary nitrogens is 3. The lowest BCUT2D eigenvalue weighted by Crippen LogP contribution is -2.47. The monoisotopic (exact) mass is 580 g/mol. The third-order valence-electron chi connectivity index (χ3n) is 8.05. The fraction of sp³-hybridized carbons (Fsp3) is 0.893. The van der Waals surface area contributed by atoms with E-state index in [2.05, 4.69) is 89.7 Å². The second-order valence-corrected chi connectivity index (χ2v) is 8.97. The average molecular weight is 580 g/mol. The molecule has 0 unspecified atom stereocenters. The molecule has 39 heavy (non-hydrogen) atoms. The summed E-state index contributed by atoms with van der Waals surface area (Å²) in [6, 6.07) is 0. The number of carbonyl (C=O) groups excluding carboxylic acids is 1. The highest BCUT2D eigenvalue weighted by molar-refractivity contribution is 6.50. The Kier molecular flexibility index (Phi) is 40.4. The molecule has 0 atom stereocenters. The van der Waals surface area contributed by atoms with Gasteiger partial charge in [-0.3, -0.25) is 0 Å². The van der Waals surface area contributed by atoms with Gasteiger partial charge in [-0.1, -0.05) is 6.08 Å². The maximum atomic E-state index is 9.75. The van der Waals surface area contributed by atoms with E-state index in [1.807, 2.05) is 6.92 Å². The van der Waals surface area contributed by atoms with E-state index in [0.29, 0.717) is 0 Å². The molecule has 242 valence electrons. The van der Waals surface area contributed by atoms with Gasteiger partial charge in [-0.25, -0.2) is 0 Å². The number of hydrogen-bond donors (Lipinski definition) is 0. The fourth-order valence-electron chi connectivity index (χ4n) is 4.02. The van der Waals surface area contributed by atoms with Crippen LogP contribution in [0.5, 0.6) is 0 Å². The highest BCUT2D eigenvalue weighted by Gasteiger charge is 2.20. The van der Waals surface area contributed by atoms with Crippen molar-refractivity contribution in [3.63, 3.8) is 0 Å². The van der Waals surface area contributed by atoms with Crippen LogP contribution in [0.15, 0.2) is 12.7 Å². The molecule has 0 aliphatic heterocycles. The van der Waals surface area contributed by atoms with Gasteiger partial charge in [-0.15, -0.1) is 6.58 Å². The van der Waals surface area contributed by atoms with Crippen molar-refractivity contribution >= 4 is 13.4 Å². The topological polar surface area (TPSA) is 63.2 Å². The van der Waals surface area contributed by atoms with E-state index in [0.717, 1.165) is 0 Å². The second-order valence-electron chi connectivity index (χ2n) is 8.97. The summed E-state index contributed by atoms with van der Waals surface area (Å²) < 4.78 is 42.8. The molecular formula is C28H66BF4N3O3. The van der Waals surface area contributed by atoms with E-state index in [1.54, 1.807) is 6.08 Å². The Morgan fingerprint density at radius 3 is 0.590 bits per heavy atom. The lowest BCUT2D eigenvalue weighted by Gasteiger charge is -2.34. The average Bonchev–Trinajstić information content (AvgIpc) is 2.89. The Morgan fingerprint density at radius 1 is 0.538 bits per heavy atom. The van der Waals surface area contributed by atoms with Crippen molar-refractivity contribution in [2.24, 2.45) is 0 Å². The normalized spacial score (nSPS) is 10.8. The van der Waals surface area contributed by atoms with E-state index in [-0.39, 0.29) is 0 Å². The third-order valence-corrected chi connectivity index (χ3v) is 8.05. The molecule has 0 fully saturated rings. The van der Waals surface area contributed by atoms with Crippen molar-refractivity contribution in [2.45, 2.75) is 90.0 Å². The van der Waals surface area contributed by atoms with E-state index >= 15 is 0 Å². The summed E-state index contributed by atoms with van der Waals surface area (Å²) in [6.45, 7) is 47.9. The number of halogens is 4. The van der Waals surface area contributed by atoms with Crippen molar-refractivity contribution in [3.05, 3.63) is 12.7 Å². The van der Waals surface area contributed by atoms with Gasteiger partial charge in [0.25, 0.3) is 0 Å². The van der Waals surface area contributed by atoms with Crippen LogP contribution in [-0.2, 0) is 0 Å². The molecule has 0 N–H and O–H groups in total. The molecule has 0 aromatic rings. The van der Waals surface area contributed by atoms with Gasteiger partial charge in [0, 0.05) is 0 Å². The molecule has 0 heterocycles. The molecule has 0 amide bonds. The van der Waals surface area contributed by atoms with Crippen LogP contribution in [0.2, 0.25) is 0 Å². The fourth-order valence-corrected chi connectivity index (χ4v) is 4.02. The number of carbonyl (C=O) groups is 1. The van der Waals surface area contributed by atoms with Crippen molar-refractivity contribution in [1.82, 2.24) is 0 Å². The molecule has 0 radical (unpaired) electrons. The Labute approximate surface area is 240 Å². The van der Waals surface area contributed by atoms with Gasteiger partial charge in [0.2, 0.25) is 0 Å². The van der Waals surface area contributed by atoms with Gasteiger partial charge in [0.1, 0.15) is 0 Å². The number of rotatable bonds is 12. The van der Waals surface area contributed by atoms with E-state index in [1.165, 1.54) is 92.0 Å². The molecule has 0 rings (SSSR count). The Bertz CT molecular complexity index is 405. The summed E-state index contributed by atoms with van der Waals surface area (Å²) in [5, 5.41) is 16.7. The Morgan fingerprint density at radius 2 is 0.590 bits per heavy atom. The number of nitrogens with zero attached hydrogens (tertiary/aromatic N) is 3. The first-order chi connectivity index (χ1) is 17.9. The predicted octanol–water partition coefficient (Wildman–Crippen LogP) is 5.69. The van der Waals surface area contributed by atoms with Gasteiger partial charge in [0.15, 0.2) is 0 Å². The molecule has 0 aromatic heterocycles. The standard InChI is InChI=1S/3C8H20N.C3H6.CH2O3.BF4/c3*1-5-9(6-2,7-3)8-4;1-3-2;2-1(3)4;2-1(3,4)5/h3*5-8H2,1-4H3;3H,1H2,2H3;(H2,2,3,4);/q3*+1;;;-1/p-2. The lowest BCUT2D eigenvalue weighted by atomic mass is 10.3. The first-order valence-corrected chi connectivity index (χ1v) is 14.8. The van der Waals surface area contributed by atoms with Crippen LogP contribution in [-0.4, -0.2) is 105 Å². The van der Waals surface area contributed by atoms with Gasteiger partial charge in [-0.2, -0.15) is 0 Å². The van der Waals surface area contributed by atoms with Crippen molar-refractivity contribution in [1.29, 1.82) is 0 Å². The number of allylic oxidation sites excluding steroid dienone is 1. The van der Waals surface area contributed by atoms with Crippen LogP contribution in [0, 0.1) is 0 Å². The molecule has 0 aliphatic rings. The maximum Gasteiger partial charge on any atom is 0.673 e. The minimum Gasteiger partial charge on any atom is -0.652 e. The quantitative estimate of drug-likeness (QED) is 0.129. The molecule has 0 saturated carbocycles. The largest absolute Gasteiger partial charge is 0.673 e. The molecule has 0 spiro atoms. The van der Waals surface area contributed by atoms with Crippen molar-refractivity contribution in [2.75, 3.05) is 78.5 Å². The third kappa shape index (κ3) is 36.7. The van der Waals surface area contributed by atoms with Crippen LogP contribution in [0.25, 0.3) is 0 Å². The molecule has 6 nitrogen and oxygen atoms in total. The summed E-state index contributed by atoms with van der Waals surface area (Å²) >= 11 is 0. The summed E-state index contributed by atoms with van der Waals surface area (Å²) in [5.74, 6) is 0. The van der Waals surface area contributed by atoms with Gasteiger partial charge in [0.05, 0.1) is 78.5 Å². The minimum atomic E-state index is -6.00. The van der Waals surface area contributed by atoms with Crippen molar-refractivity contribution < 1.29 is 45.7 Å². The van der Waals surface area contributed by atoms with Crippen LogP contribution >= 0.6 is 0 Å². The minimum absolute atomic E-state index is 1.28. The van der Waals surface area contributed by atoms with Gasteiger partial charge < -0.3 is 45.7 Å². The molecule has 0 aromatic carbocycles. The first-order valence-electron chi connectivity index (χ1n) is 14.8. The molecule has 11 heteroatoms. The SMILES string of the molecule is C=CC.CC[N+](CC)(CC)CC.CC[N+](CC)(CC)CC.CC[N+](CC)(CC)CC.F[B-](F)(F)F.O=C([O-])[O-]. The van der Waals surface area contributed by atoms with Crippen LogP contribution in [0.1, 0.15) is 90.0 Å². The smallest absolute Gasteiger partial charge is 0.652 e. The molecule has 0 saturated heterocycles. The van der Waals surface area contributed by atoms with Gasteiger partial charge in [-0.05, 0) is 96.2 Å². The summed E-state index contributed by atoms with van der Waals surface area (Å²) in [6.07, 6.45) is -0.583. The molecule has 0 bridgehead atoms. The zero-order valence-electron chi connectivity index (χ0n) is 27.9. The van der Waals surface area contributed by atoms with E-state index in [4.69, 9.17) is 15.0 Å². The number of carboxylic acid groups (broad SMARTS) is 2. The Balaban J connectivity index is -0.0000000874. The van der Waals surface area contributed by atoms with Crippen LogP contribution in [0.3, 0.4) is 0 Å². The van der Waals surface area contributed by atoms with Crippen LogP contribution < -0.4 is 10.2 Å². The molecule has 0 aliphatic carbocycles. The summed E-state index contributed by atoms with van der Waals surface area (Å²) in [5.41, 5.74) is 0. The zero-order chi connectivity index (χ0) is 32.8. The van der Waals surface area contributed by atoms with Crippen molar-refractivity contribution in [3.8, 4) is 0 Å². The lowest BCUT2D eigenvalue weighted by molar-refractivity contribution is -0.921. The van der Waals surface area contributed by atoms with Gasteiger partial charge >= 0.3 is 7.25 Å². The van der Waals surface area contributed by atoms with Crippen LogP contribution in [0.4, 0.5) is 22.1 Å². The predicted molar refractivity (Wildman–Crippen MR) is 159 cm³/mol. The second kappa shape index (κ2) is 31.2. The molecular weight excluding hydrogens is 513 g/mol. The maximum absolute atomic E-state index is 9.75. The highest BCUT2D eigenvalue weighted by Crippen LogP contribution is 2.07. The summed E-state index contributed by atoms with van der Waals surface area (Å²) in [4.78, 5) is 8.33. The van der Waals surface area contributed by atoms with E-state index < -0.39 is 13.4 Å².